The minimum absolute atomic E-state index is 0.132. The lowest BCUT2D eigenvalue weighted by Crippen LogP contribution is -2.48. The van der Waals surface area contributed by atoms with Crippen LogP contribution in [0.5, 0.6) is 0 Å². The highest BCUT2D eigenvalue weighted by atomic mass is 19.1. The summed E-state index contributed by atoms with van der Waals surface area (Å²) in [6, 6.07) is 10.6. The molecule has 0 aromatic heterocycles. The molecule has 2 N–H and O–H groups in total. The van der Waals surface area contributed by atoms with E-state index in [9.17, 15) is 9.18 Å². The summed E-state index contributed by atoms with van der Waals surface area (Å²) in [5, 5.41) is 7.55. The predicted molar refractivity (Wildman–Crippen MR) is 81.9 cm³/mol. The number of amides is 1. The smallest absolute Gasteiger partial charge is 0.252 e. The number of carbonyl (C=O) groups excluding carboxylic acids is 1. The average molecular weight is 286 g/mol. The Kier molecular flexibility index (Phi) is 3.88. The first-order valence-corrected chi connectivity index (χ1v) is 7.36. The predicted octanol–water partition coefficient (Wildman–Crippen LogP) is 2.85. The summed E-state index contributed by atoms with van der Waals surface area (Å²) < 4.78 is 13.8. The number of fused-ring (bicyclic) bond motifs is 1. The van der Waals surface area contributed by atoms with Crippen LogP contribution < -0.4 is 10.6 Å². The summed E-state index contributed by atoms with van der Waals surface area (Å²) in [4.78, 5) is 12.5. The molecule has 1 fully saturated rings. The second-order valence-electron chi connectivity index (χ2n) is 5.70. The molecule has 0 radical (unpaired) electrons. The first kappa shape index (κ1) is 14.0. The number of hydrogen-bond acceptors (Lipinski definition) is 2. The van der Waals surface area contributed by atoms with Crippen LogP contribution in [0.25, 0.3) is 10.8 Å². The Morgan fingerprint density at radius 2 is 1.95 bits per heavy atom. The molecule has 110 valence electrons. The van der Waals surface area contributed by atoms with Crippen molar-refractivity contribution in [1.29, 1.82) is 0 Å². The van der Waals surface area contributed by atoms with E-state index in [-0.39, 0.29) is 17.8 Å². The van der Waals surface area contributed by atoms with E-state index in [1.54, 1.807) is 24.3 Å². The molecule has 3 rings (SSSR count). The van der Waals surface area contributed by atoms with Gasteiger partial charge in [0.1, 0.15) is 5.82 Å². The highest BCUT2D eigenvalue weighted by Gasteiger charge is 2.20. The van der Waals surface area contributed by atoms with Gasteiger partial charge < -0.3 is 10.6 Å². The van der Waals surface area contributed by atoms with E-state index >= 15 is 0 Å². The van der Waals surface area contributed by atoms with E-state index in [4.69, 9.17) is 0 Å². The van der Waals surface area contributed by atoms with E-state index in [2.05, 4.69) is 17.6 Å². The minimum Gasteiger partial charge on any atom is -0.348 e. The zero-order valence-corrected chi connectivity index (χ0v) is 12.0. The summed E-state index contributed by atoms with van der Waals surface area (Å²) in [6.45, 7) is 2.93. The monoisotopic (exact) mass is 286 g/mol. The lowest BCUT2D eigenvalue weighted by atomic mass is 10.00. The van der Waals surface area contributed by atoms with Gasteiger partial charge in [-0.25, -0.2) is 4.39 Å². The zero-order chi connectivity index (χ0) is 14.8. The number of piperidine rings is 1. The van der Waals surface area contributed by atoms with Crippen LogP contribution in [0.3, 0.4) is 0 Å². The van der Waals surface area contributed by atoms with E-state index in [0.29, 0.717) is 22.4 Å². The maximum atomic E-state index is 13.8. The van der Waals surface area contributed by atoms with Crippen LogP contribution in [-0.2, 0) is 0 Å². The SMILES string of the molecule is CC1CCC(NC(=O)c2ccc(F)c3ccccc23)CN1. The standard InChI is InChI=1S/C17H19FN2O/c1-11-6-7-12(10-19-11)20-17(21)15-8-9-16(18)14-5-3-2-4-13(14)15/h2-5,8-9,11-12,19H,6-7,10H2,1H3,(H,20,21). The lowest BCUT2D eigenvalue weighted by molar-refractivity contribution is 0.0929. The van der Waals surface area contributed by atoms with Crippen LogP contribution in [0.4, 0.5) is 4.39 Å². The molecule has 2 atom stereocenters. The van der Waals surface area contributed by atoms with Gasteiger partial charge in [0.2, 0.25) is 0 Å². The molecule has 0 aliphatic carbocycles. The molecule has 1 heterocycles. The quantitative estimate of drug-likeness (QED) is 0.891. The third-order valence-corrected chi connectivity index (χ3v) is 4.11. The van der Waals surface area contributed by atoms with Crippen LogP contribution in [-0.4, -0.2) is 24.5 Å². The maximum absolute atomic E-state index is 13.8. The van der Waals surface area contributed by atoms with Crippen molar-refractivity contribution in [1.82, 2.24) is 10.6 Å². The van der Waals surface area contributed by atoms with Gasteiger partial charge in [0.25, 0.3) is 5.91 Å². The van der Waals surface area contributed by atoms with E-state index in [1.807, 2.05) is 6.07 Å². The Balaban J connectivity index is 1.83. The highest BCUT2D eigenvalue weighted by Crippen LogP contribution is 2.22. The molecule has 0 spiro atoms. The maximum Gasteiger partial charge on any atom is 0.252 e. The number of rotatable bonds is 2. The van der Waals surface area contributed by atoms with E-state index in [1.165, 1.54) is 6.07 Å². The number of benzene rings is 2. The zero-order valence-electron chi connectivity index (χ0n) is 12.0. The van der Waals surface area contributed by atoms with Gasteiger partial charge in [-0.3, -0.25) is 4.79 Å². The van der Waals surface area contributed by atoms with Crippen molar-refractivity contribution >= 4 is 16.7 Å². The topological polar surface area (TPSA) is 41.1 Å². The fraction of sp³-hybridized carbons (Fsp3) is 0.353. The molecular weight excluding hydrogens is 267 g/mol. The molecule has 4 heteroatoms. The van der Waals surface area contributed by atoms with Gasteiger partial charge in [0.15, 0.2) is 0 Å². The second-order valence-corrected chi connectivity index (χ2v) is 5.70. The fourth-order valence-corrected chi connectivity index (χ4v) is 2.85. The van der Waals surface area contributed by atoms with Crippen molar-refractivity contribution in [3.8, 4) is 0 Å². The Hall–Kier alpha value is -1.94. The number of halogens is 1. The van der Waals surface area contributed by atoms with Crippen LogP contribution in [0.1, 0.15) is 30.1 Å². The summed E-state index contributed by atoms with van der Waals surface area (Å²) >= 11 is 0. The van der Waals surface area contributed by atoms with Gasteiger partial charge in [-0.1, -0.05) is 24.3 Å². The lowest BCUT2D eigenvalue weighted by Gasteiger charge is -2.28. The Bertz CT molecular complexity index is 663. The van der Waals surface area contributed by atoms with Crippen molar-refractivity contribution in [2.75, 3.05) is 6.54 Å². The van der Waals surface area contributed by atoms with E-state index < -0.39 is 0 Å². The largest absolute Gasteiger partial charge is 0.348 e. The molecule has 2 unspecified atom stereocenters. The summed E-state index contributed by atoms with van der Waals surface area (Å²) in [5.74, 6) is -0.428. The first-order chi connectivity index (χ1) is 10.1. The third-order valence-electron chi connectivity index (χ3n) is 4.11. The summed E-state index contributed by atoms with van der Waals surface area (Å²) in [5.41, 5.74) is 0.533. The summed E-state index contributed by atoms with van der Waals surface area (Å²) in [6.07, 6.45) is 2.02. The molecule has 0 saturated carbocycles. The average Bonchev–Trinajstić information content (AvgIpc) is 2.50. The third kappa shape index (κ3) is 2.90. The van der Waals surface area contributed by atoms with Crippen molar-refractivity contribution in [2.24, 2.45) is 0 Å². The molecule has 1 aliphatic heterocycles. The van der Waals surface area contributed by atoms with Crippen LogP contribution in [0.2, 0.25) is 0 Å². The Morgan fingerprint density at radius 1 is 1.19 bits per heavy atom. The van der Waals surface area contributed by atoms with Crippen molar-refractivity contribution < 1.29 is 9.18 Å². The highest BCUT2D eigenvalue weighted by molar-refractivity contribution is 6.07. The van der Waals surface area contributed by atoms with Gasteiger partial charge in [0, 0.05) is 29.6 Å². The molecule has 0 bridgehead atoms. The molecule has 3 nitrogen and oxygen atoms in total. The molecule has 2 aromatic rings. The van der Waals surface area contributed by atoms with Crippen molar-refractivity contribution in [3.05, 3.63) is 47.8 Å². The molecule has 1 amide bonds. The van der Waals surface area contributed by atoms with Crippen LogP contribution >= 0.6 is 0 Å². The number of hydrogen-bond donors (Lipinski definition) is 2. The summed E-state index contributed by atoms with van der Waals surface area (Å²) in [7, 11) is 0. The number of carbonyl (C=O) groups is 1. The minimum atomic E-state index is -0.296. The molecule has 1 aliphatic rings. The molecule has 2 aromatic carbocycles. The number of nitrogens with one attached hydrogen (secondary N) is 2. The molecular formula is C17H19FN2O. The van der Waals surface area contributed by atoms with Gasteiger partial charge >= 0.3 is 0 Å². The fourth-order valence-electron chi connectivity index (χ4n) is 2.85. The Morgan fingerprint density at radius 3 is 2.67 bits per heavy atom. The normalized spacial score (nSPS) is 22.2. The van der Waals surface area contributed by atoms with Crippen LogP contribution in [0.15, 0.2) is 36.4 Å². The van der Waals surface area contributed by atoms with E-state index in [0.717, 1.165) is 19.4 Å². The van der Waals surface area contributed by atoms with Crippen molar-refractivity contribution in [2.45, 2.75) is 31.8 Å². The Labute approximate surface area is 123 Å². The van der Waals surface area contributed by atoms with Gasteiger partial charge in [-0.2, -0.15) is 0 Å². The van der Waals surface area contributed by atoms with Gasteiger partial charge in [-0.15, -0.1) is 0 Å². The van der Waals surface area contributed by atoms with Crippen LogP contribution in [0, 0.1) is 5.82 Å². The van der Waals surface area contributed by atoms with Crippen molar-refractivity contribution in [3.63, 3.8) is 0 Å². The van der Waals surface area contributed by atoms with Gasteiger partial charge in [-0.05, 0) is 37.3 Å². The molecule has 1 saturated heterocycles. The second kappa shape index (κ2) is 5.82. The first-order valence-electron chi connectivity index (χ1n) is 7.36. The molecule has 21 heavy (non-hydrogen) atoms. The van der Waals surface area contributed by atoms with Gasteiger partial charge in [0.05, 0.1) is 0 Å².